The molecule has 0 N–H and O–H groups in total. The standard InChI is InChI=1S/C77H97N3/c1-46-35-66-68-53(39-49-40-56-59(75(17,18)34-31-72(56,11)12)45-64(49)78(66)62-43-57-54(37-47(62)2)70(7,8)29-32-73(57,13)14)52-25-24-51(80-61-26-23-50(69(4,5)6)41-60(61)76(19)27-21-22-28-77(76,80)20)42-65(52)79(67(68)36-46)63-44-58-55(38-48(63)3)71(9,10)30-33-74(58,15)16/h23-26,35-38,40-45,53H,21-22,27-34,39H2,1-20H3. The van der Waals surface area contributed by atoms with Crippen LogP contribution < -0.4 is 14.7 Å². The summed E-state index contributed by atoms with van der Waals surface area (Å²) in [5.41, 5.74) is 31.9. The van der Waals surface area contributed by atoms with Crippen molar-refractivity contribution < 1.29 is 0 Å². The van der Waals surface area contributed by atoms with Crippen LogP contribution in [0.4, 0.5) is 45.5 Å². The molecule has 3 atom stereocenters. The first-order valence-electron chi connectivity index (χ1n) is 31.5. The van der Waals surface area contributed by atoms with Gasteiger partial charge in [-0.05, 0) is 244 Å². The molecular formula is C77H97N3. The van der Waals surface area contributed by atoms with E-state index in [4.69, 9.17) is 0 Å². The summed E-state index contributed by atoms with van der Waals surface area (Å²) in [5.74, 6) is 0.125. The SMILES string of the molecule is Cc1cc2c3c(c1)N(c1cc4c(cc1C)C(C)(C)CCC4(C)C)c1cc(N4c5ccc(C(C)(C)C)cc5C5(C)CCCCC45C)ccc1C3Cc1cc3c(cc1N2c1cc2c(cc1C)C(C)(C)CCC2(C)C)C(C)(C)CCC3(C)C. The second-order valence-corrected chi connectivity index (χ2v) is 32.7. The molecule has 1 saturated carbocycles. The summed E-state index contributed by atoms with van der Waals surface area (Å²) in [6.07, 6.45) is 13.0. The Hall–Kier alpha value is -5.28. The van der Waals surface area contributed by atoms with Crippen molar-refractivity contribution in [1.29, 1.82) is 0 Å². The molecule has 6 aromatic carbocycles. The zero-order chi connectivity index (χ0) is 57.2. The fraction of sp³-hybridized carbons (Fsp3) is 0.532. The van der Waals surface area contributed by atoms with Crippen LogP contribution in [0.15, 0.2) is 84.9 Å². The van der Waals surface area contributed by atoms with Crippen LogP contribution in [0, 0.1) is 20.8 Å². The molecule has 3 nitrogen and oxygen atoms in total. The number of anilines is 8. The van der Waals surface area contributed by atoms with Gasteiger partial charge in [-0.1, -0.05) is 160 Å². The molecule has 0 spiro atoms. The molecule has 3 unspecified atom stereocenters. The first-order chi connectivity index (χ1) is 37.2. The number of fused-ring (bicyclic) bond motifs is 9. The molecule has 3 heterocycles. The van der Waals surface area contributed by atoms with Crippen LogP contribution in [0.2, 0.25) is 0 Å². The number of hydrogen-bond donors (Lipinski definition) is 0. The Morgan fingerprint density at radius 1 is 0.400 bits per heavy atom. The second kappa shape index (κ2) is 16.9. The maximum atomic E-state index is 2.84. The number of rotatable bonds is 3. The molecule has 80 heavy (non-hydrogen) atoms. The minimum atomic E-state index is -0.0746. The lowest BCUT2D eigenvalue weighted by atomic mass is 9.61. The largest absolute Gasteiger partial charge is 0.334 e. The Bertz CT molecular complexity index is 3620. The summed E-state index contributed by atoms with van der Waals surface area (Å²) < 4.78 is 0. The van der Waals surface area contributed by atoms with Gasteiger partial charge in [0.1, 0.15) is 0 Å². The Labute approximate surface area is 484 Å². The van der Waals surface area contributed by atoms with Crippen molar-refractivity contribution in [3.8, 4) is 0 Å². The third-order valence-electron chi connectivity index (χ3n) is 23.5. The highest BCUT2D eigenvalue weighted by molar-refractivity contribution is 5.96. The third kappa shape index (κ3) is 7.61. The van der Waals surface area contributed by atoms with E-state index in [9.17, 15) is 0 Å². The van der Waals surface area contributed by atoms with E-state index in [0.29, 0.717) is 0 Å². The van der Waals surface area contributed by atoms with Crippen molar-refractivity contribution in [2.24, 2.45) is 0 Å². The van der Waals surface area contributed by atoms with E-state index in [1.54, 1.807) is 11.1 Å². The molecule has 0 saturated heterocycles. The minimum absolute atomic E-state index is 0.0270. The van der Waals surface area contributed by atoms with E-state index in [1.807, 2.05) is 0 Å². The number of aryl methyl sites for hydroxylation is 3. The fourth-order valence-electron chi connectivity index (χ4n) is 17.5. The summed E-state index contributed by atoms with van der Waals surface area (Å²) >= 11 is 0. The molecule has 3 aliphatic heterocycles. The van der Waals surface area contributed by atoms with Gasteiger partial charge in [-0.2, -0.15) is 0 Å². The van der Waals surface area contributed by atoms with Crippen LogP contribution >= 0.6 is 0 Å². The van der Waals surface area contributed by atoms with Crippen LogP contribution in [-0.2, 0) is 49.7 Å². The van der Waals surface area contributed by atoms with E-state index in [0.717, 1.165) is 6.42 Å². The van der Waals surface area contributed by atoms with Crippen molar-refractivity contribution in [3.63, 3.8) is 0 Å². The topological polar surface area (TPSA) is 9.72 Å². The van der Waals surface area contributed by atoms with E-state index < -0.39 is 0 Å². The Morgan fingerprint density at radius 2 is 0.850 bits per heavy atom. The molecule has 13 rings (SSSR count). The Balaban J connectivity index is 1.13. The van der Waals surface area contributed by atoms with Crippen LogP contribution in [-0.4, -0.2) is 5.54 Å². The van der Waals surface area contributed by atoms with Gasteiger partial charge in [-0.3, -0.25) is 0 Å². The summed E-state index contributed by atoms with van der Waals surface area (Å²) in [6, 6.07) is 36.6. The molecule has 7 aliphatic rings. The fourth-order valence-corrected chi connectivity index (χ4v) is 17.5. The molecule has 6 aromatic rings. The Morgan fingerprint density at radius 3 is 1.35 bits per heavy atom. The van der Waals surface area contributed by atoms with E-state index in [-0.39, 0.29) is 54.8 Å². The lowest BCUT2D eigenvalue weighted by Gasteiger charge is -2.50. The van der Waals surface area contributed by atoms with Crippen LogP contribution in [0.5, 0.6) is 0 Å². The van der Waals surface area contributed by atoms with Crippen molar-refractivity contribution >= 4 is 45.5 Å². The average molecular weight is 1060 g/mol. The van der Waals surface area contributed by atoms with E-state index >= 15 is 0 Å². The van der Waals surface area contributed by atoms with Gasteiger partial charge in [-0.25, -0.2) is 0 Å². The minimum Gasteiger partial charge on any atom is -0.334 e. The zero-order valence-corrected chi connectivity index (χ0v) is 53.3. The summed E-state index contributed by atoms with van der Waals surface area (Å²) in [7, 11) is 0. The van der Waals surface area contributed by atoms with Gasteiger partial charge >= 0.3 is 0 Å². The van der Waals surface area contributed by atoms with Gasteiger partial charge in [0.25, 0.3) is 0 Å². The summed E-state index contributed by atoms with van der Waals surface area (Å²) in [4.78, 5) is 8.46. The molecule has 0 radical (unpaired) electrons. The number of hydrogen-bond acceptors (Lipinski definition) is 3. The van der Waals surface area contributed by atoms with Crippen LogP contribution in [0.25, 0.3) is 0 Å². The van der Waals surface area contributed by atoms with Gasteiger partial charge in [0.05, 0.1) is 22.6 Å². The quantitative estimate of drug-likeness (QED) is 0.175. The van der Waals surface area contributed by atoms with Gasteiger partial charge in [-0.15, -0.1) is 0 Å². The number of benzene rings is 6. The smallest absolute Gasteiger partial charge is 0.0523 e. The molecular weight excluding hydrogens is 967 g/mol. The van der Waals surface area contributed by atoms with Crippen molar-refractivity contribution in [2.75, 3.05) is 14.7 Å². The second-order valence-electron chi connectivity index (χ2n) is 32.7. The average Bonchev–Trinajstić information content (AvgIpc) is 3.26. The highest BCUT2D eigenvalue weighted by atomic mass is 15.3. The van der Waals surface area contributed by atoms with Crippen molar-refractivity contribution in [3.05, 3.63) is 163 Å². The van der Waals surface area contributed by atoms with Crippen LogP contribution in [0.1, 0.15) is 266 Å². The summed E-state index contributed by atoms with van der Waals surface area (Å²) in [5, 5.41) is 0. The highest BCUT2D eigenvalue weighted by Gasteiger charge is 2.58. The zero-order valence-electron chi connectivity index (χ0n) is 53.3. The molecule has 0 aromatic heterocycles. The predicted octanol–water partition coefficient (Wildman–Crippen LogP) is 21.6. The molecule has 0 bridgehead atoms. The van der Waals surface area contributed by atoms with E-state index in [1.165, 1.54) is 176 Å². The predicted molar refractivity (Wildman–Crippen MR) is 343 cm³/mol. The van der Waals surface area contributed by atoms with Gasteiger partial charge in [0, 0.05) is 45.3 Å². The summed E-state index contributed by atoms with van der Waals surface area (Å²) in [6.45, 7) is 49.7. The van der Waals surface area contributed by atoms with Crippen LogP contribution in [0.3, 0.4) is 0 Å². The Kier molecular flexibility index (Phi) is 11.4. The lowest BCUT2D eigenvalue weighted by molar-refractivity contribution is 0.195. The van der Waals surface area contributed by atoms with Gasteiger partial charge in [0.2, 0.25) is 0 Å². The monoisotopic (exact) mass is 1060 g/mol. The maximum absolute atomic E-state index is 2.84. The number of nitrogens with zero attached hydrogens (tertiary/aromatic N) is 3. The molecule has 420 valence electrons. The highest BCUT2D eigenvalue weighted by Crippen LogP contribution is 2.65. The lowest BCUT2D eigenvalue weighted by Crippen LogP contribution is -2.54. The molecule has 3 heteroatoms. The first-order valence-corrected chi connectivity index (χ1v) is 31.5. The van der Waals surface area contributed by atoms with E-state index in [2.05, 4.69) is 238 Å². The maximum Gasteiger partial charge on any atom is 0.0523 e. The van der Waals surface area contributed by atoms with Crippen molar-refractivity contribution in [2.45, 2.75) is 264 Å². The normalized spacial score (nSPS) is 25.7. The van der Waals surface area contributed by atoms with Gasteiger partial charge < -0.3 is 14.7 Å². The third-order valence-corrected chi connectivity index (χ3v) is 23.5. The molecule has 4 aliphatic carbocycles. The van der Waals surface area contributed by atoms with Crippen molar-refractivity contribution in [1.82, 2.24) is 0 Å². The molecule has 0 amide bonds. The first kappa shape index (κ1) is 54.0. The molecule has 1 fully saturated rings. The van der Waals surface area contributed by atoms with Gasteiger partial charge in [0.15, 0.2) is 0 Å².